The molecule has 1 rings (SSSR count). The van der Waals surface area contributed by atoms with E-state index in [4.69, 9.17) is 6.42 Å². The number of hydrogen-bond acceptors (Lipinski definition) is 1. The lowest BCUT2D eigenvalue weighted by Crippen LogP contribution is -2.24. The summed E-state index contributed by atoms with van der Waals surface area (Å²) in [5.41, 5.74) is 4.14. The first-order chi connectivity index (χ1) is 11.0. The normalized spacial score (nSPS) is 10.7. The molecule has 1 N–H and O–H groups in total. The number of benzene rings is 1. The maximum Gasteiger partial charge on any atom is 0.0277 e. The minimum absolute atomic E-state index is 0.699. The second-order valence-electron chi connectivity index (χ2n) is 5.07. The predicted octanol–water partition coefficient (Wildman–Crippen LogP) is 5.99. The molecule has 1 aromatic rings. The monoisotopic (exact) mass is 313 g/mol. The molecule has 0 fully saturated rings. The average molecular weight is 314 g/mol. The Kier molecular flexibility index (Phi) is 15.4. The Bertz CT molecular complexity index is 503. The Labute approximate surface area is 144 Å². The summed E-state index contributed by atoms with van der Waals surface area (Å²) in [6.07, 6.45) is 10.6. The number of terminal acetylenes is 1. The molecule has 1 unspecified atom stereocenters. The van der Waals surface area contributed by atoms with Crippen LogP contribution in [0.1, 0.15) is 64.7 Å². The van der Waals surface area contributed by atoms with Gasteiger partial charge in [-0.2, -0.15) is 0 Å². The molecule has 1 aromatic carbocycles. The fourth-order valence-electron chi connectivity index (χ4n) is 1.77. The summed E-state index contributed by atoms with van der Waals surface area (Å²) in [4.78, 5) is 0. The van der Waals surface area contributed by atoms with Gasteiger partial charge in [-0.1, -0.05) is 64.5 Å². The van der Waals surface area contributed by atoms with Crippen LogP contribution in [0.4, 0.5) is 0 Å². The van der Waals surface area contributed by atoms with Crippen molar-refractivity contribution in [1.82, 2.24) is 5.32 Å². The van der Waals surface area contributed by atoms with Gasteiger partial charge in [0.1, 0.15) is 0 Å². The van der Waals surface area contributed by atoms with Crippen molar-refractivity contribution in [3.05, 3.63) is 53.6 Å². The second-order valence-corrected chi connectivity index (χ2v) is 5.07. The maximum absolute atomic E-state index is 5.40. The van der Waals surface area contributed by atoms with Gasteiger partial charge in [-0.25, -0.2) is 0 Å². The van der Waals surface area contributed by atoms with Gasteiger partial charge in [-0.3, -0.25) is 0 Å². The fourth-order valence-corrected chi connectivity index (χ4v) is 1.77. The SMILES string of the molecule is C#Cc1cc(C(=C)/C=C\C)ccc1C.CC.CCNC(C)CC. The van der Waals surface area contributed by atoms with E-state index in [1.54, 1.807) is 0 Å². The first kappa shape index (κ1) is 23.5. The van der Waals surface area contributed by atoms with Crippen LogP contribution in [0.2, 0.25) is 0 Å². The van der Waals surface area contributed by atoms with Gasteiger partial charge >= 0.3 is 0 Å². The highest BCUT2D eigenvalue weighted by Gasteiger charge is 1.98. The zero-order chi connectivity index (χ0) is 18.3. The molecule has 0 spiro atoms. The molecule has 1 nitrogen and oxygen atoms in total. The van der Waals surface area contributed by atoms with E-state index in [1.165, 1.54) is 6.42 Å². The minimum atomic E-state index is 0.699. The van der Waals surface area contributed by atoms with E-state index in [1.807, 2.05) is 58.0 Å². The standard InChI is InChI=1S/C14H14.C6H15N.C2H6/c1-5-7-11(3)14-9-8-12(4)13(6-2)10-14;1-4-6(3)7-5-2;1-2/h2,5,7-10H,3H2,1,4H3;6-7H,4-5H2,1-3H3;1-2H3/b7-5-;;. The summed E-state index contributed by atoms with van der Waals surface area (Å²) in [7, 11) is 0. The summed E-state index contributed by atoms with van der Waals surface area (Å²) < 4.78 is 0. The third-order valence-corrected chi connectivity index (χ3v) is 3.30. The van der Waals surface area contributed by atoms with Crippen molar-refractivity contribution < 1.29 is 0 Å². The highest BCUT2D eigenvalue weighted by Crippen LogP contribution is 2.17. The topological polar surface area (TPSA) is 12.0 Å². The van der Waals surface area contributed by atoms with E-state index in [0.29, 0.717) is 6.04 Å². The highest BCUT2D eigenvalue weighted by molar-refractivity contribution is 5.73. The molecular weight excluding hydrogens is 278 g/mol. The first-order valence-electron chi connectivity index (χ1n) is 8.62. The number of hydrogen-bond donors (Lipinski definition) is 1. The second kappa shape index (κ2) is 15.1. The van der Waals surface area contributed by atoms with Crippen molar-refractivity contribution in [2.75, 3.05) is 6.54 Å². The van der Waals surface area contributed by atoms with Gasteiger partial charge in [-0.05, 0) is 56.5 Å². The third-order valence-electron chi connectivity index (χ3n) is 3.30. The molecule has 1 atom stereocenters. The van der Waals surface area contributed by atoms with Crippen molar-refractivity contribution in [2.24, 2.45) is 0 Å². The van der Waals surface area contributed by atoms with Crippen LogP contribution < -0.4 is 5.32 Å². The average Bonchev–Trinajstić information content (AvgIpc) is 2.58. The fraction of sp³-hybridized carbons (Fsp3) is 0.455. The zero-order valence-electron chi connectivity index (χ0n) is 16.2. The molecule has 0 radical (unpaired) electrons. The van der Waals surface area contributed by atoms with Crippen molar-refractivity contribution in [2.45, 2.75) is 60.9 Å². The molecule has 0 aliphatic heterocycles. The van der Waals surface area contributed by atoms with Crippen LogP contribution in [0.3, 0.4) is 0 Å². The molecule has 0 saturated heterocycles. The van der Waals surface area contributed by atoms with Crippen molar-refractivity contribution in [3.63, 3.8) is 0 Å². The smallest absolute Gasteiger partial charge is 0.0277 e. The van der Waals surface area contributed by atoms with Gasteiger partial charge in [0, 0.05) is 11.6 Å². The van der Waals surface area contributed by atoms with Crippen LogP contribution in [-0.4, -0.2) is 12.6 Å². The maximum atomic E-state index is 5.40. The third kappa shape index (κ3) is 10.6. The molecule has 0 amide bonds. The Morgan fingerprint density at radius 1 is 1.35 bits per heavy atom. The number of aryl methyl sites for hydroxylation is 1. The summed E-state index contributed by atoms with van der Waals surface area (Å²) >= 11 is 0. The molecule has 0 aliphatic rings. The first-order valence-corrected chi connectivity index (χ1v) is 8.62. The summed E-state index contributed by atoms with van der Waals surface area (Å²) in [5, 5.41) is 3.30. The quantitative estimate of drug-likeness (QED) is 0.520. The Hall–Kier alpha value is -1.78. The number of rotatable bonds is 5. The Morgan fingerprint density at radius 2 is 1.96 bits per heavy atom. The van der Waals surface area contributed by atoms with E-state index in [2.05, 4.69) is 38.6 Å². The predicted molar refractivity (Wildman–Crippen MR) is 108 cm³/mol. The van der Waals surface area contributed by atoms with Gasteiger partial charge in [0.2, 0.25) is 0 Å². The van der Waals surface area contributed by atoms with Gasteiger partial charge < -0.3 is 5.32 Å². The van der Waals surface area contributed by atoms with Crippen LogP contribution in [0.25, 0.3) is 5.57 Å². The lowest BCUT2D eigenvalue weighted by molar-refractivity contribution is 0.553. The molecule has 1 heteroatoms. The summed E-state index contributed by atoms with van der Waals surface area (Å²) in [6, 6.07) is 6.76. The van der Waals surface area contributed by atoms with Crippen molar-refractivity contribution in [1.29, 1.82) is 0 Å². The molecule has 0 aliphatic carbocycles. The van der Waals surface area contributed by atoms with E-state index in [-0.39, 0.29) is 0 Å². The van der Waals surface area contributed by atoms with Crippen LogP contribution in [0.5, 0.6) is 0 Å². The Morgan fingerprint density at radius 3 is 2.35 bits per heavy atom. The number of nitrogens with one attached hydrogen (secondary N) is 1. The number of allylic oxidation sites excluding steroid dienone is 3. The van der Waals surface area contributed by atoms with Gasteiger partial charge in [0.25, 0.3) is 0 Å². The molecule has 0 heterocycles. The van der Waals surface area contributed by atoms with Crippen LogP contribution >= 0.6 is 0 Å². The zero-order valence-corrected chi connectivity index (χ0v) is 16.2. The molecule has 128 valence electrons. The van der Waals surface area contributed by atoms with Crippen molar-refractivity contribution >= 4 is 5.57 Å². The van der Waals surface area contributed by atoms with E-state index < -0.39 is 0 Å². The highest BCUT2D eigenvalue weighted by atomic mass is 14.9. The molecule has 0 aromatic heterocycles. The minimum Gasteiger partial charge on any atom is -0.315 e. The molecule has 0 saturated carbocycles. The molecule has 0 bridgehead atoms. The summed E-state index contributed by atoms with van der Waals surface area (Å²) in [5.74, 6) is 2.67. The van der Waals surface area contributed by atoms with Gasteiger partial charge in [-0.15, -0.1) is 6.42 Å². The Balaban J connectivity index is 0. The van der Waals surface area contributed by atoms with Gasteiger partial charge in [0.15, 0.2) is 0 Å². The van der Waals surface area contributed by atoms with Gasteiger partial charge in [0.05, 0.1) is 0 Å². The summed E-state index contributed by atoms with van der Waals surface area (Å²) in [6.45, 7) is 19.6. The lowest BCUT2D eigenvalue weighted by atomic mass is 10.0. The molecule has 23 heavy (non-hydrogen) atoms. The lowest BCUT2D eigenvalue weighted by Gasteiger charge is -2.06. The molecular formula is C22H35N. The van der Waals surface area contributed by atoms with E-state index in [9.17, 15) is 0 Å². The van der Waals surface area contributed by atoms with Crippen molar-refractivity contribution in [3.8, 4) is 12.3 Å². The van der Waals surface area contributed by atoms with Crippen LogP contribution in [0.15, 0.2) is 36.9 Å². The van der Waals surface area contributed by atoms with Crippen LogP contribution in [-0.2, 0) is 0 Å². The van der Waals surface area contributed by atoms with Crippen LogP contribution in [0, 0.1) is 19.3 Å². The largest absolute Gasteiger partial charge is 0.315 e. The van der Waals surface area contributed by atoms with E-state index in [0.717, 1.165) is 28.8 Å². The van der Waals surface area contributed by atoms with E-state index >= 15 is 0 Å².